The average molecular weight is 260 g/mol. The van der Waals surface area contributed by atoms with Crippen LogP contribution in [0.3, 0.4) is 0 Å². The zero-order chi connectivity index (χ0) is 9.26. The van der Waals surface area contributed by atoms with Crippen molar-refractivity contribution in [3.05, 3.63) is 26.6 Å². The fourth-order valence-corrected chi connectivity index (χ4v) is 2.35. The van der Waals surface area contributed by atoms with Gasteiger partial charge in [-0.15, -0.1) is 21.5 Å². The van der Waals surface area contributed by atoms with Crippen LogP contribution < -0.4 is 5.73 Å². The van der Waals surface area contributed by atoms with E-state index >= 15 is 0 Å². The molecule has 0 radical (unpaired) electrons. The van der Waals surface area contributed by atoms with E-state index in [1.165, 1.54) is 0 Å². The normalized spacial score (nSPS) is 13.1. The van der Waals surface area contributed by atoms with Crippen LogP contribution in [0, 0.1) is 0 Å². The van der Waals surface area contributed by atoms with Crippen LogP contribution in [0.4, 0.5) is 0 Å². The molecular formula is C6H6BrN5S. The number of hydrogen-bond donors (Lipinski definition) is 2. The van der Waals surface area contributed by atoms with Crippen LogP contribution in [0.2, 0.25) is 0 Å². The first-order chi connectivity index (χ1) is 6.27. The number of tetrazole rings is 1. The van der Waals surface area contributed by atoms with Gasteiger partial charge < -0.3 is 5.73 Å². The van der Waals surface area contributed by atoms with E-state index < -0.39 is 0 Å². The van der Waals surface area contributed by atoms with Crippen LogP contribution in [0.1, 0.15) is 16.7 Å². The molecule has 1 atom stereocenters. The Morgan fingerprint density at radius 3 is 2.92 bits per heavy atom. The number of hydrogen-bond acceptors (Lipinski definition) is 5. The number of aromatic amines is 1. The highest BCUT2D eigenvalue weighted by molar-refractivity contribution is 9.11. The lowest BCUT2D eigenvalue weighted by Crippen LogP contribution is -2.12. The van der Waals surface area contributed by atoms with E-state index in [1.807, 2.05) is 12.1 Å². The molecule has 3 N–H and O–H groups in total. The molecule has 2 rings (SSSR count). The second-order valence-corrected chi connectivity index (χ2v) is 4.88. The third-order valence-corrected chi connectivity index (χ3v) is 3.25. The molecule has 0 bridgehead atoms. The molecule has 0 aliphatic carbocycles. The molecule has 0 fully saturated rings. The van der Waals surface area contributed by atoms with Crippen molar-refractivity contribution in [1.82, 2.24) is 20.6 Å². The Labute approximate surface area is 86.5 Å². The summed E-state index contributed by atoms with van der Waals surface area (Å²) in [5.74, 6) is 0.509. The summed E-state index contributed by atoms with van der Waals surface area (Å²) in [4.78, 5) is 1.01. The van der Waals surface area contributed by atoms with E-state index in [0.29, 0.717) is 5.82 Å². The third kappa shape index (κ3) is 1.77. The van der Waals surface area contributed by atoms with Crippen molar-refractivity contribution in [3.63, 3.8) is 0 Å². The number of thiophene rings is 1. The number of nitrogens with one attached hydrogen (secondary N) is 1. The maximum Gasteiger partial charge on any atom is 0.196 e. The summed E-state index contributed by atoms with van der Waals surface area (Å²) < 4.78 is 1.04. The lowest BCUT2D eigenvalue weighted by Gasteiger charge is -2.01. The number of nitrogens with zero attached hydrogens (tertiary/aromatic N) is 3. The van der Waals surface area contributed by atoms with Gasteiger partial charge in [-0.1, -0.05) is 5.21 Å². The Bertz CT molecular complexity index is 383. The Morgan fingerprint density at radius 1 is 1.54 bits per heavy atom. The number of H-pyrrole nitrogens is 1. The quantitative estimate of drug-likeness (QED) is 0.846. The lowest BCUT2D eigenvalue weighted by molar-refractivity contribution is 0.800. The van der Waals surface area contributed by atoms with Crippen molar-refractivity contribution in [2.24, 2.45) is 5.73 Å². The summed E-state index contributed by atoms with van der Waals surface area (Å²) in [6.07, 6.45) is 0. The predicted molar refractivity (Wildman–Crippen MR) is 52.2 cm³/mol. The molecule has 5 nitrogen and oxygen atoms in total. The first-order valence-corrected chi connectivity index (χ1v) is 5.12. The number of nitrogens with two attached hydrogens (primary N) is 1. The highest BCUT2D eigenvalue weighted by Gasteiger charge is 2.14. The molecule has 0 spiro atoms. The molecule has 0 aromatic carbocycles. The van der Waals surface area contributed by atoms with Crippen LogP contribution in [0.25, 0.3) is 0 Å². The van der Waals surface area contributed by atoms with Gasteiger partial charge in [0.05, 0.1) is 3.79 Å². The monoisotopic (exact) mass is 259 g/mol. The molecule has 13 heavy (non-hydrogen) atoms. The Balaban J connectivity index is 2.28. The Hall–Kier alpha value is -0.790. The summed E-state index contributed by atoms with van der Waals surface area (Å²) in [5.41, 5.74) is 5.88. The summed E-state index contributed by atoms with van der Waals surface area (Å²) in [6.45, 7) is 0. The number of halogens is 1. The van der Waals surface area contributed by atoms with Crippen LogP contribution in [-0.4, -0.2) is 20.6 Å². The molecule has 1 unspecified atom stereocenters. The van der Waals surface area contributed by atoms with Crippen LogP contribution in [0.5, 0.6) is 0 Å². The van der Waals surface area contributed by atoms with Gasteiger partial charge in [-0.05, 0) is 28.1 Å². The van der Waals surface area contributed by atoms with Gasteiger partial charge in [0, 0.05) is 4.88 Å². The van der Waals surface area contributed by atoms with Crippen molar-refractivity contribution < 1.29 is 0 Å². The summed E-state index contributed by atoms with van der Waals surface area (Å²) in [6, 6.07) is 3.59. The smallest absolute Gasteiger partial charge is 0.196 e. The second-order valence-electron chi connectivity index (χ2n) is 2.39. The molecule has 0 aliphatic rings. The van der Waals surface area contributed by atoms with E-state index in [1.54, 1.807) is 11.3 Å². The SMILES string of the molecule is NC(c1nn[nH]n1)c1ccc(Br)s1. The number of rotatable bonds is 2. The summed E-state index contributed by atoms with van der Waals surface area (Å²) >= 11 is 4.93. The minimum Gasteiger partial charge on any atom is -0.317 e. The minimum atomic E-state index is -0.296. The molecule has 0 saturated carbocycles. The molecule has 2 heterocycles. The largest absolute Gasteiger partial charge is 0.317 e. The standard InChI is InChI=1S/C6H6BrN5S/c7-4-2-1-3(13-4)5(8)6-9-11-12-10-6/h1-2,5H,8H2,(H,9,10,11,12). The molecule has 0 saturated heterocycles. The third-order valence-electron chi connectivity index (χ3n) is 1.54. The van der Waals surface area contributed by atoms with Gasteiger partial charge in [0.1, 0.15) is 6.04 Å². The molecule has 0 aliphatic heterocycles. The van der Waals surface area contributed by atoms with E-state index in [2.05, 4.69) is 36.6 Å². The van der Waals surface area contributed by atoms with Crippen molar-refractivity contribution >= 4 is 27.3 Å². The van der Waals surface area contributed by atoms with Crippen LogP contribution in [-0.2, 0) is 0 Å². The van der Waals surface area contributed by atoms with Gasteiger partial charge in [-0.25, -0.2) is 0 Å². The summed E-state index contributed by atoms with van der Waals surface area (Å²) in [5, 5.41) is 13.5. The van der Waals surface area contributed by atoms with Crippen molar-refractivity contribution in [2.75, 3.05) is 0 Å². The Kier molecular flexibility index (Phi) is 2.38. The molecule has 2 aromatic rings. The van der Waals surface area contributed by atoms with E-state index in [9.17, 15) is 0 Å². The molecular weight excluding hydrogens is 254 g/mol. The molecule has 7 heteroatoms. The zero-order valence-corrected chi connectivity index (χ0v) is 8.84. The highest BCUT2D eigenvalue weighted by Crippen LogP contribution is 2.27. The molecule has 2 aromatic heterocycles. The van der Waals surface area contributed by atoms with Gasteiger partial charge >= 0.3 is 0 Å². The predicted octanol–water partition coefficient (Wildman–Crippen LogP) is 1.07. The Morgan fingerprint density at radius 2 is 2.38 bits per heavy atom. The van der Waals surface area contributed by atoms with Crippen LogP contribution in [0.15, 0.2) is 15.9 Å². The maximum atomic E-state index is 5.88. The highest BCUT2D eigenvalue weighted by atomic mass is 79.9. The first-order valence-electron chi connectivity index (χ1n) is 3.51. The van der Waals surface area contributed by atoms with Crippen molar-refractivity contribution in [3.8, 4) is 0 Å². The average Bonchev–Trinajstić information content (AvgIpc) is 2.72. The van der Waals surface area contributed by atoms with Crippen molar-refractivity contribution in [2.45, 2.75) is 6.04 Å². The van der Waals surface area contributed by atoms with E-state index in [0.717, 1.165) is 8.66 Å². The fourth-order valence-electron chi connectivity index (χ4n) is 0.924. The van der Waals surface area contributed by atoms with Gasteiger partial charge in [0.15, 0.2) is 5.82 Å². The van der Waals surface area contributed by atoms with Gasteiger partial charge in [-0.2, -0.15) is 5.21 Å². The van der Waals surface area contributed by atoms with Crippen molar-refractivity contribution in [1.29, 1.82) is 0 Å². The second kappa shape index (κ2) is 3.52. The summed E-state index contributed by atoms with van der Waals surface area (Å²) in [7, 11) is 0. The lowest BCUT2D eigenvalue weighted by atomic mass is 10.2. The molecule has 68 valence electrons. The van der Waals surface area contributed by atoms with Crippen LogP contribution >= 0.6 is 27.3 Å². The first kappa shape index (κ1) is 8.79. The van der Waals surface area contributed by atoms with Gasteiger partial charge in [0.25, 0.3) is 0 Å². The molecule has 0 amide bonds. The van der Waals surface area contributed by atoms with E-state index in [-0.39, 0.29) is 6.04 Å². The minimum absolute atomic E-state index is 0.296. The number of aromatic nitrogens is 4. The fraction of sp³-hybridized carbons (Fsp3) is 0.167. The maximum absolute atomic E-state index is 5.88. The van der Waals surface area contributed by atoms with Gasteiger partial charge in [0.2, 0.25) is 0 Å². The zero-order valence-electron chi connectivity index (χ0n) is 6.44. The topological polar surface area (TPSA) is 80.5 Å². The van der Waals surface area contributed by atoms with Gasteiger partial charge in [-0.3, -0.25) is 0 Å². The van der Waals surface area contributed by atoms with E-state index in [4.69, 9.17) is 5.73 Å².